The number of imide groups is 1. The SMILES string of the molecule is CCCCN1C(=O)S[C@H](Cc2ccc(Cl)cc2)C1=O. The molecule has 19 heavy (non-hydrogen) atoms. The molecule has 1 aliphatic rings. The maximum Gasteiger partial charge on any atom is 0.289 e. The second-order valence-electron chi connectivity index (χ2n) is 4.55. The molecular weight excluding hydrogens is 282 g/mol. The summed E-state index contributed by atoms with van der Waals surface area (Å²) in [6, 6.07) is 7.40. The van der Waals surface area contributed by atoms with E-state index in [0.717, 1.165) is 30.2 Å². The number of amides is 2. The number of carbonyl (C=O) groups excluding carboxylic acids is 2. The minimum atomic E-state index is -0.287. The number of benzene rings is 1. The number of halogens is 1. The standard InChI is InChI=1S/C14H16ClNO2S/c1-2-3-8-16-13(17)12(19-14(16)18)9-10-4-6-11(15)7-5-10/h4-7,12H,2-3,8-9H2,1H3/t12-/m1/s1. The maximum atomic E-state index is 12.2. The van der Waals surface area contributed by atoms with Gasteiger partial charge in [0.1, 0.15) is 0 Å². The van der Waals surface area contributed by atoms with Gasteiger partial charge in [-0.2, -0.15) is 0 Å². The summed E-state index contributed by atoms with van der Waals surface area (Å²) in [5.74, 6) is -0.0570. The van der Waals surface area contributed by atoms with Crippen molar-refractivity contribution < 1.29 is 9.59 Å². The van der Waals surface area contributed by atoms with Crippen LogP contribution in [0.1, 0.15) is 25.3 Å². The number of hydrogen-bond acceptors (Lipinski definition) is 3. The molecule has 5 heteroatoms. The van der Waals surface area contributed by atoms with E-state index in [2.05, 4.69) is 0 Å². The Morgan fingerprint density at radius 3 is 2.58 bits per heavy atom. The van der Waals surface area contributed by atoms with Crippen LogP contribution in [-0.2, 0) is 11.2 Å². The first-order valence-corrected chi connectivity index (χ1v) is 7.64. The molecule has 1 aliphatic heterocycles. The summed E-state index contributed by atoms with van der Waals surface area (Å²) >= 11 is 6.96. The largest absolute Gasteiger partial charge is 0.289 e. The Morgan fingerprint density at radius 2 is 1.95 bits per heavy atom. The van der Waals surface area contributed by atoms with Gasteiger partial charge in [-0.3, -0.25) is 14.5 Å². The van der Waals surface area contributed by atoms with Gasteiger partial charge in [0.2, 0.25) is 5.91 Å². The van der Waals surface area contributed by atoms with Crippen LogP contribution in [0.25, 0.3) is 0 Å². The Kier molecular flexibility index (Phi) is 4.88. The van der Waals surface area contributed by atoms with E-state index >= 15 is 0 Å². The molecule has 1 fully saturated rings. The Balaban J connectivity index is 2.00. The molecule has 102 valence electrons. The van der Waals surface area contributed by atoms with Crippen molar-refractivity contribution in [2.24, 2.45) is 0 Å². The highest BCUT2D eigenvalue weighted by Crippen LogP contribution is 2.30. The molecule has 0 aliphatic carbocycles. The summed E-state index contributed by atoms with van der Waals surface area (Å²) < 4.78 is 0. The summed E-state index contributed by atoms with van der Waals surface area (Å²) in [7, 11) is 0. The molecule has 1 atom stereocenters. The van der Waals surface area contributed by atoms with Crippen molar-refractivity contribution >= 4 is 34.5 Å². The molecule has 1 heterocycles. The lowest BCUT2D eigenvalue weighted by molar-refractivity contribution is -0.126. The van der Waals surface area contributed by atoms with Crippen molar-refractivity contribution in [3.63, 3.8) is 0 Å². The van der Waals surface area contributed by atoms with Crippen LogP contribution in [0.15, 0.2) is 24.3 Å². The number of nitrogens with zero attached hydrogens (tertiary/aromatic N) is 1. The van der Waals surface area contributed by atoms with E-state index in [1.165, 1.54) is 4.90 Å². The molecule has 1 aromatic rings. The van der Waals surface area contributed by atoms with Crippen molar-refractivity contribution in [3.05, 3.63) is 34.9 Å². The van der Waals surface area contributed by atoms with Gasteiger partial charge >= 0.3 is 0 Å². The second-order valence-corrected chi connectivity index (χ2v) is 6.14. The molecule has 0 bridgehead atoms. The molecular formula is C14H16ClNO2S. The quantitative estimate of drug-likeness (QED) is 0.831. The first-order chi connectivity index (χ1) is 9.11. The third-order valence-electron chi connectivity index (χ3n) is 3.07. The lowest BCUT2D eigenvalue weighted by Crippen LogP contribution is -2.33. The fraction of sp³-hybridized carbons (Fsp3) is 0.429. The summed E-state index contributed by atoms with van der Waals surface area (Å²) in [4.78, 5) is 25.3. The monoisotopic (exact) mass is 297 g/mol. The van der Waals surface area contributed by atoms with Gasteiger partial charge < -0.3 is 0 Å². The summed E-state index contributed by atoms with van der Waals surface area (Å²) in [5.41, 5.74) is 1.03. The zero-order chi connectivity index (χ0) is 13.8. The average molecular weight is 298 g/mol. The lowest BCUT2D eigenvalue weighted by atomic mass is 10.1. The molecule has 3 nitrogen and oxygen atoms in total. The van der Waals surface area contributed by atoms with Crippen molar-refractivity contribution in [3.8, 4) is 0 Å². The number of thioether (sulfide) groups is 1. The molecule has 0 spiro atoms. The molecule has 0 saturated carbocycles. The van der Waals surface area contributed by atoms with E-state index in [0.29, 0.717) is 18.0 Å². The van der Waals surface area contributed by atoms with Gasteiger partial charge in [0.05, 0.1) is 5.25 Å². The van der Waals surface area contributed by atoms with E-state index in [-0.39, 0.29) is 16.4 Å². The predicted octanol–water partition coefficient (Wildman–Crippen LogP) is 3.75. The number of carbonyl (C=O) groups is 2. The highest BCUT2D eigenvalue weighted by Gasteiger charge is 2.38. The molecule has 2 amide bonds. The highest BCUT2D eigenvalue weighted by atomic mass is 35.5. The summed E-state index contributed by atoms with van der Waals surface area (Å²) in [6.07, 6.45) is 2.42. The zero-order valence-corrected chi connectivity index (χ0v) is 12.3. The van der Waals surface area contributed by atoms with Crippen molar-refractivity contribution in [1.29, 1.82) is 0 Å². The van der Waals surface area contributed by atoms with E-state index in [1.807, 2.05) is 19.1 Å². The number of rotatable bonds is 5. The molecule has 0 radical (unpaired) electrons. The Bertz CT molecular complexity index is 475. The Morgan fingerprint density at radius 1 is 1.26 bits per heavy atom. The van der Waals surface area contributed by atoms with Crippen LogP contribution in [0.2, 0.25) is 5.02 Å². The van der Waals surface area contributed by atoms with Crippen LogP contribution in [0.4, 0.5) is 4.79 Å². The van der Waals surface area contributed by atoms with E-state index in [1.54, 1.807) is 12.1 Å². The van der Waals surface area contributed by atoms with Gasteiger partial charge in [0.25, 0.3) is 5.24 Å². The van der Waals surface area contributed by atoms with Crippen molar-refractivity contribution in [2.75, 3.05) is 6.54 Å². The minimum absolute atomic E-state index is 0.0570. The predicted molar refractivity (Wildman–Crippen MR) is 78.6 cm³/mol. The molecule has 1 aromatic carbocycles. The van der Waals surface area contributed by atoms with Crippen LogP contribution >= 0.6 is 23.4 Å². The molecule has 0 aromatic heterocycles. The number of unbranched alkanes of at least 4 members (excludes halogenated alkanes) is 1. The molecule has 0 N–H and O–H groups in total. The van der Waals surface area contributed by atoms with E-state index < -0.39 is 0 Å². The summed E-state index contributed by atoms with van der Waals surface area (Å²) in [5, 5.41) is 0.276. The first kappa shape index (κ1) is 14.4. The van der Waals surface area contributed by atoms with Crippen LogP contribution in [-0.4, -0.2) is 27.8 Å². The first-order valence-electron chi connectivity index (χ1n) is 6.38. The van der Waals surface area contributed by atoms with Crippen LogP contribution in [0.3, 0.4) is 0 Å². The average Bonchev–Trinajstić information content (AvgIpc) is 2.65. The fourth-order valence-electron chi connectivity index (χ4n) is 1.98. The molecule has 1 saturated heterocycles. The fourth-order valence-corrected chi connectivity index (χ4v) is 3.16. The van der Waals surface area contributed by atoms with Crippen molar-refractivity contribution in [2.45, 2.75) is 31.4 Å². The third kappa shape index (κ3) is 3.51. The van der Waals surface area contributed by atoms with Gasteiger partial charge in [0, 0.05) is 11.6 Å². The maximum absolute atomic E-state index is 12.2. The second kappa shape index (κ2) is 6.44. The normalized spacial score (nSPS) is 19.3. The zero-order valence-electron chi connectivity index (χ0n) is 10.8. The van der Waals surface area contributed by atoms with Gasteiger partial charge in [0.15, 0.2) is 0 Å². The van der Waals surface area contributed by atoms with Crippen LogP contribution in [0, 0.1) is 0 Å². The third-order valence-corrected chi connectivity index (χ3v) is 4.40. The van der Waals surface area contributed by atoms with Crippen molar-refractivity contribution in [1.82, 2.24) is 4.90 Å². The molecule has 0 unspecified atom stereocenters. The van der Waals surface area contributed by atoms with E-state index in [9.17, 15) is 9.59 Å². The van der Waals surface area contributed by atoms with Gasteiger partial charge in [-0.25, -0.2) is 0 Å². The minimum Gasteiger partial charge on any atom is -0.273 e. The van der Waals surface area contributed by atoms with Gasteiger partial charge in [-0.1, -0.05) is 48.8 Å². The molecule has 2 rings (SSSR count). The Labute approximate surface area is 122 Å². The van der Waals surface area contributed by atoms with Gasteiger partial charge in [-0.15, -0.1) is 0 Å². The highest BCUT2D eigenvalue weighted by molar-refractivity contribution is 8.15. The topological polar surface area (TPSA) is 37.4 Å². The van der Waals surface area contributed by atoms with E-state index in [4.69, 9.17) is 11.6 Å². The summed E-state index contributed by atoms with van der Waals surface area (Å²) in [6.45, 7) is 2.58. The number of hydrogen-bond donors (Lipinski definition) is 0. The van der Waals surface area contributed by atoms with Crippen LogP contribution in [0.5, 0.6) is 0 Å². The van der Waals surface area contributed by atoms with Crippen LogP contribution < -0.4 is 0 Å². The van der Waals surface area contributed by atoms with Gasteiger partial charge in [-0.05, 0) is 30.5 Å². The Hall–Kier alpha value is -1.00. The lowest BCUT2D eigenvalue weighted by Gasteiger charge is -2.13. The smallest absolute Gasteiger partial charge is 0.273 e.